The first-order chi connectivity index (χ1) is 17.1. The maximum atomic E-state index is 12.9. The van der Waals surface area contributed by atoms with Crippen molar-refractivity contribution in [3.63, 3.8) is 0 Å². The number of amides is 1. The van der Waals surface area contributed by atoms with Gasteiger partial charge in [-0.1, -0.05) is 23.5 Å². The lowest BCUT2D eigenvalue weighted by molar-refractivity contribution is -0.125. The predicted molar refractivity (Wildman–Crippen MR) is 142 cm³/mol. The van der Waals surface area contributed by atoms with Gasteiger partial charge in [0, 0.05) is 70.4 Å². The lowest BCUT2D eigenvalue weighted by Crippen LogP contribution is -2.49. The van der Waals surface area contributed by atoms with Crippen LogP contribution in [0.3, 0.4) is 0 Å². The monoisotopic (exact) mass is 493 g/mol. The van der Waals surface area contributed by atoms with E-state index in [1.54, 1.807) is 11.3 Å². The van der Waals surface area contributed by atoms with Gasteiger partial charge in [0.1, 0.15) is 0 Å². The van der Waals surface area contributed by atoms with E-state index in [2.05, 4.69) is 62.3 Å². The fourth-order valence-corrected chi connectivity index (χ4v) is 5.89. The number of aromatic nitrogens is 3. The number of hydrogen-bond donors (Lipinski definition) is 1. The highest BCUT2D eigenvalue weighted by Gasteiger charge is 2.28. The smallest absolute Gasteiger partial charge is 0.224 e. The molecular weight excluding hydrogens is 458 g/mol. The van der Waals surface area contributed by atoms with Gasteiger partial charge < -0.3 is 15.1 Å². The van der Waals surface area contributed by atoms with Crippen LogP contribution in [0.1, 0.15) is 24.0 Å². The van der Waals surface area contributed by atoms with Crippen LogP contribution in [0.15, 0.2) is 42.7 Å². The van der Waals surface area contributed by atoms with Crippen molar-refractivity contribution in [2.75, 3.05) is 62.2 Å². The SMILES string of the molecule is Cc1cccc(N2CCN(CCNC(=O)[C@H]3CCCN(c4nnc(-n5cccc5)s4)C3)CC2)c1C. The molecule has 2 aliphatic rings. The topological polar surface area (TPSA) is 69.5 Å². The Kier molecular flexibility index (Phi) is 7.34. The van der Waals surface area contributed by atoms with Crippen molar-refractivity contribution in [2.45, 2.75) is 26.7 Å². The molecule has 9 heteroatoms. The van der Waals surface area contributed by atoms with Crippen molar-refractivity contribution in [3.8, 4) is 5.13 Å². The molecule has 1 amide bonds. The summed E-state index contributed by atoms with van der Waals surface area (Å²) in [5.41, 5.74) is 4.08. The average molecular weight is 494 g/mol. The zero-order chi connectivity index (χ0) is 24.2. The molecule has 0 aliphatic carbocycles. The molecule has 1 N–H and O–H groups in total. The molecule has 0 radical (unpaired) electrons. The van der Waals surface area contributed by atoms with Crippen molar-refractivity contribution in [1.29, 1.82) is 0 Å². The summed E-state index contributed by atoms with van der Waals surface area (Å²) in [7, 11) is 0. The van der Waals surface area contributed by atoms with Gasteiger partial charge in [-0.05, 0) is 56.0 Å². The van der Waals surface area contributed by atoms with E-state index in [0.29, 0.717) is 13.1 Å². The molecule has 0 bridgehead atoms. The van der Waals surface area contributed by atoms with E-state index in [-0.39, 0.29) is 11.8 Å². The van der Waals surface area contributed by atoms with Crippen LogP contribution in [0, 0.1) is 19.8 Å². The summed E-state index contributed by atoms with van der Waals surface area (Å²) in [6, 6.07) is 10.5. The molecule has 1 aromatic carbocycles. The predicted octanol–water partition coefficient (Wildman–Crippen LogP) is 3.10. The molecule has 35 heavy (non-hydrogen) atoms. The third-order valence-corrected chi connectivity index (χ3v) is 8.31. The van der Waals surface area contributed by atoms with Crippen LogP contribution in [-0.4, -0.2) is 77.9 Å². The molecule has 2 aromatic heterocycles. The molecule has 186 valence electrons. The van der Waals surface area contributed by atoms with E-state index in [1.165, 1.54) is 16.8 Å². The third-order valence-electron chi connectivity index (χ3n) is 7.31. The van der Waals surface area contributed by atoms with E-state index in [4.69, 9.17) is 0 Å². The minimum absolute atomic E-state index is 0.00354. The van der Waals surface area contributed by atoms with E-state index in [9.17, 15) is 4.79 Å². The molecule has 0 spiro atoms. The number of carbonyl (C=O) groups is 1. The Morgan fingerprint density at radius 2 is 1.77 bits per heavy atom. The van der Waals surface area contributed by atoms with E-state index < -0.39 is 0 Å². The van der Waals surface area contributed by atoms with Crippen LogP contribution in [-0.2, 0) is 4.79 Å². The first-order valence-corrected chi connectivity index (χ1v) is 13.4. The van der Waals surface area contributed by atoms with Gasteiger partial charge in [0.2, 0.25) is 16.2 Å². The lowest BCUT2D eigenvalue weighted by Gasteiger charge is -2.37. The summed E-state index contributed by atoms with van der Waals surface area (Å²) in [6.45, 7) is 11.8. The summed E-state index contributed by atoms with van der Waals surface area (Å²) in [5, 5.41) is 13.7. The first kappa shape index (κ1) is 23.8. The molecule has 2 saturated heterocycles. The molecule has 1 atom stereocenters. The average Bonchev–Trinajstić information content (AvgIpc) is 3.59. The number of piperazine rings is 1. The van der Waals surface area contributed by atoms with Gasteiger partial charge >= 0.3 is 0 Å². The standard InChI is InChI=1S/C26H35N7OS/c1-20-7-5-9-23(21(20)2)31-17-15-30(16-18-31)14-10-27-24(34)22-8-6-13-33(19-22)26-29-28-25(35-26)32-11-3-4-12-32/h3-5,7,9,11-12,22H,6,8,10,13-19H2,1-2H3,(H,27,34)/t22-/m0/s1. The minimum atomic E-state index is 0.00354. The number of piperidine rings is 1. The molecule has 4 heterocycles. The largest absolute Gasteiger partial charge is 0.369 e. The van der Waals surface area contributed by atoms with Gasteiger partial charge in [-0.15, -0.1) is 10.2 Å². The summed E-state index contributed by atoms with van der Waals surface area (Å²) < 4.78 is 1.97. The highest BCUT2D eigenvalue weighted by atomic mass is 32.1. The molecule has 0 saturated carbocycles. The van der Waals surface area contributed by atoms with Gasteiger partial charge in [0.15, 0.2) is 0 Å². The Morgan fingerprint density at radius 1 is 1.00 bits per heavy atom. The molecule has 5 rings (SSSR count). The number of benzene rings is 1. The summed E-state index contributed by atoms with van der Waals surface area (Å²) in [6.07, 6.45) is 5.87. The van der Waals surface area contributed by atoms with Crippen molar-refractivity contribution in [1.82, 2.24) is 25.0 Å². The number of carbonyl (C=O) groups excluding carboxylic acids is 1. The van der Waals surface area contributed by atoms with Crippen molar-refractivity contribution >= 4 is 28.1 Å². The fourth-order valence-electron chi connectivity index (χ4n) is 5.04. The first-order valence-electron chi connectivity index (χ1n) is 12.6. The fraction of sp³-hybridized carbons (Fsp3) is 0.500. The highest BCUT2D eigenvalue weighted by molar-refractivity contribution is 7.17. The second-order valence-electron chi connectivity index (χ2n) is 9.58. The number of aryl methyl sites for hydroxylation is 1. The zero-order valence-electron chi connectivity index (χ0n) is 20.7. The number of nitrogens with one attached hydrogen (secondary N) is 1. The van der Waals surface area contributed by atoms with Gasteiger partial charge in [0.25, 0.3) is 0 Å². The maximum Gasteiger partial charge on any atom is 0.224 e. The van der Waals surface area contributed by atoms with Crippen LogP contribution in [0.25, 0.3) is 5.13 Å². The Morgan fingerprint density at radius 3 is 2.57 bits per heavy atom. The number of anilines is 2. The van der Waals surface area contributed by atoms with Gasteiger partial charge in [-0.25, -0.2) is 0 Å². The third kappa shape index (κ3) is 5.51. The van der Waals surface area contributed by atoms with Crippen molar-refractivity contribution < 1.29 is 4.79 Å². The summed E-state index contributed by atoms with van der Waals surface area (Å²) >= 11 is 1.57. The van der Waals surface area contributed by atoms with Crippen LogP contribution in [0.2, 0.25) is 0 Å². The highest BCUT2D eigenvalue weighted by Crippen LogP contribution is 2.28. The molecular formula is C26H35N7OS. The Labute approximate surface area is 211 Å². The van der Waals surface area contributed by atoms with Gasteiger partial charge in [-0.2, -0.15) is 0 Å². The van der Waals surface area contributed by atoms with Gasteiger partial charge in [-0.3, -0.25) is 14.3 Å². The molecule has 3 aromatic rings. The zero-order valence-corrected chi connectivity index (χ0v) is 21.5. The molecule has 2 fully saturated rings. The van der Waals surface area contributed by atoms with E-state index >= 15 is 0 Å². The Bertz CT molecular complexity index is 1120. The Hall–Kier alpha value is -2.91. The van der Waals surface area contributed by atoms with Crippen LogP contribution in [0.5, 0.6) is 0 Å². The van der Waals surface area contributed by atoms with Crippen molar-refractivity contribution in [3.05, 3.63) is 53.9 Å². The van der Waals surface area contributed by atoms with Crippen LogP contribution < -0.4 is 15.1 Å². The van der Waals surface area contributed by atoms with Gasteiger partial charge in [0.05, 0.1) is 5.92 Å². The molecule has 8 nitrogen and oxygen atoms in total. The van der Waals surface area contributed by atoms with E-state index in [0.717, 1.165) is 62.4 Å². The second-order valence-corrected chi connectivity index (χ2v) is 10.5. The maximum absolute atomic E-state index is 12.9. The molecule has 2 aliphatic heterocycles. The second kappa shape index (κ2) is 10.8. The van der Waals surface area contributed by atoms with Crippen LogP contribution >= 0.6 is 11.3 Å². The number of nitrogens with zero attached hydrogens (tertiary/aromatic N) is 6. The lowest BCUT2D eigenvalue weighted by atomic mass is 9.97. The Balaban J connectivity index is 1.06. The summed E-state index contributed by atoms with van der Waals surface area (Å²) in [4.78, 5) is 20.1. The summed E-state index contributed by atoms with van der Waals surface area (Å²) in [5.74, 6) is 0.169. The quantitative estimate of drug-likeness (QED) is 0.546. The number of rotatable bonds is 7. The van der Waals surface area contributed by atoms with Crippen LogP contribution in [0.4, 0.5) is 10.8 Å². The minimum Gasteiger partial charge on any atom is -0.369 e. The van der Waals surface area contributed by atoms with E-state index in [1.807, 2.05) is 29.1 Å². The molecule has 0 unspecified atom stereocenters. The normalized spacial score (nSPS) is 19.2. The number of hydrogen-bond acceptors (Lipinski definition) is 7. The van der Waals surface area contributed by atoms with Crippen molar-refractivity contribution in [2.24, 2.45) is 5.92 Å².